The maximum absolute atomic E-state index is 12.3. The molecule has 5 heteroatoms. The van der Waals surface area contributed by atoms with Gasteiger partial charge in [-0.1, -0.05) is 19.3 Å². The van der Waals surface area contributed by atoms with Crippen LogP contribution in [0.15, 0.2) is 18.2 Å². The molecule has 0 radical (unpaired) electrons. The molecule has 0 atom stereocenters. The van der Waals surface area contributed by atoms with Gasteiger partial charge in [0.1, 0.15) is 0 Å². The Morgan fingerprint density at radius 2 is 2.14 bits per heavy atom. The van der Waals surface area contributed by atoms with Gasteiger partial charge in [-0.15, -0.1) is 0 Å². The molecule has 3 rings (SSSR count). The lowest BCUT2D eigenvalue weighted by Crippen LogP contribution is -2.30. The standard InChI is InChI=1S/C17H23N3O2/c1-20-17(22-2)14-9-8-13(10-15(14)19-20)16(21)18-11-12-6-4-3-5-7-12/h8-10,12H,3-7,11H2,1-2H3,(H,18,21). The first kappa shape index (κ1) is 14.9. The van der Waals surface area contributed by atoms with Gasteiger partial charge in [-0.25, -0.2) is 4.68 Å². The first-order valence-corrected chi connectivity index (χ1v) is 7.98. The molecule has 1 aliphatic carbocycles. The number of ether oxygens (including phenoxy) is 1. The van der Waals surface area contributed by atoms with Crippen molar-refractivity contribution in [3.63, 3.8) is 0 Å². The fourth-order valence-electron chi connectivity index (χ4n) is 3.29. The van der Waals surface area contributed by atoms with Crippen molar-refractivity contribution in [2.45, 2.75) is 32.1 Å². The zero-order valence-corrected chi connectivity index (χ0v) is 13.3. The van der Waals surface area contributed by atoms with Gasteiger partial charge in [-0.3, -0.25) is 4.79 Å². The maximum atomic E-state index is 12.3. The SMILES string of the molecule is COc1c2ccc(C(=O)NCC3CCCCC3)cc2nn1C. The number of aryl methyl sites for hydroxylation is 1. The summed E-state index contributed by atoms with van der Waals surface area (Å²) < 4.78 is 7.01. The summed E-state index contributed by atoms with van der Waals surface area (Å²) in [5.74, 6) is 1.33. The summed E-state index contributed by atoms with van der Waals surface area (Å²) in [6.07, 6.45) is 6.39. The molecule has 0 bridgehead atoms. The summed E-state index contributed by atoms with van der Waals surface area (Å²) >= 11 is 0. The number of nitrogens with one attached hydrogen (secondary N) is 1. The Bertz CT molecular complexity index is 672. The number of hydrogen-bond acceptors (Lipinski definition) is 3. The summed E-state index contributed by atoms with van der Waals surface area (Å²) in [6.45, 7) is 0.780. The van der Waals surface area contributed by atoms with Crippen LogP contribution in [0.2, 0.25) is 0 Å². The van der Waals surface area contributed by atoms with Crippen molar-refractivity contribution in [1.82, 2.24) is 15.1 Å². The van der Waals surface area contributed by atoms with Crippen LogP contribution in [0.25, 0.3) is 10.9 Å². The van der Waals surface area contributed by atoms with E-state index in [1.807, 2.05) is 25.2 Å². The van der Waals surface area contributed by atoms with Crippen LogP contribution in [0.3, 0.4) is 0 Å². The predicted molar refractivity (Wildman–Crippen MR) is 86.2 cm³/mol. The van der Waals surface area contributed by atoms with Crippen LogP contribution in [-0.4, -0.2) is 29.3 Å². The molecule has 1 amide bonds. The first-order valence-electron chi connectivity index (χ1n) is 7.98. The minimum absolute atomic E-state index is 0.0166. The van der Waals surface area contributed by atoms with Crippen LogP contribution < -0.4 is 10.1 Å². The Morgan fingerprint density at radius 3 is 2.86 bits per heavy atom. The molecule has 118 valence electrons. The Hall–Kier alpha value is -2.04. The molecule has 1 saturated carbocycles. The molecule has 1 aromatic carbocycles. The summed E-state index contributed by atoms with van der Waals surface area (Å²) in [4.78, 5) is 12.3. The van der Waals surface area contributed by atoms with Crippen molar-refractivity contribution < 1.29 is 9.53 Å². The number of amides is 1. The molecular weight excluding hydrogens is 278 g/mol. The molecule has 1 aliphatic rings. The minimum Gasteiger partial charge on any atom is -0.481 e. The third-order valence-electron chi connectivity index (χ3n) is 4.51. The van der Waals surface area contributed by atoms with Gasteiger partial charge >= 0.3 is 0 Å². The number of nitrogens with zero attached hydrogens (tertiary/aromatic N) is 2. The van der Waals surface area contributed by atoms with E-state index in [1.165, 1.54) is 32.1 Å². The van der Waals surface area contributed by atoms with Gasteiger partial charge in [-0.05, 0) is 37.0 Å². The van der Waals surface area contributed by atoms with Crippen LogP contribution in [-0.2, 0) is 7.05 Å². The van der Waals surface area contributed by atoms with Gasteiger partial charge < -0.3 is 10.1 Å². The Morgan fingerprint density at radius 1 is 1.36 bits per heavy atom. The highest BCUT2D eigenvalue weighted by Gasteiger charge is 2.16. The van der Waals surface area contributed by atoms with E-state index >= 15 is 0 Å². The second-order valence-corrected chi connectivity index (χ2v) is 6.08. The molecule has 22 heavy (non-hydrogen) atoms. The van der Waals surface area contributed by atoms with E-state index in [0.29, 0.717) is 17.4 Å². The third kappa shape index (κ3) is 2.93. The van der Waals surface area contributed by atoms with Gasteiger partial charge in [0, 0.05) is 19.2 Å². The number of methoxy groups -OCH3 is 1. The number of benzene rings is 1. The lowest BCUT2D eigenvalue weighted by Gasteiger charge is -2.21. The zero-order valence-electron chi connectivity index (χ0n) is 13.3. The quantitative estimate of drug-likeness (QED) is 0.944. The second-order valence-electron chi connectivity index (χ2n) is 6.08. The maximum Gasteiger partial charge on any atom is 0.251 e. The van der Waals surface area contributed by atoms with Gasteiger partial charge in [0.2, 0.25) is 5.88 Å². The smallest absolute Gasteiger partial charge is 0.251 e. The van der Waals surface area contributed by atoms with Crippen molar-refractivity contribution in [2.24, 2.45) is 13.0 Å². The Balaban J connectivity index is 1.71. The van der Waals surface area contributed by atoms with E-state index in [1.54, 1.807) is 11.8 Å². The normalized spacial score (nSPS) is 15.9. The third-order valence-corrected chi connectivity index (χ3v) is 4.51. The lowest BCUT2D eigenvalue weighted by molar-refractivity contribution is 0.0943. The summed E-state index contributed by atoms with van der Waals surface area (Å²) in [5.41, 5.74) is 1.44. The molecule has 0 unspecified atom stereocenters. The molecule has 1 heterocycles. The van der Waals surface area contributed by atoms with Crippen molar-refractivity contribution in [3.8, 4) is 5.88 Å². The van der Waals surface area contributed by atoms with Crippen LogP contribution in [0.1, 0.15) is 42.5 Å². The fraction of sp³-hybridized carbons (Fsp3) is 0.529. The molecule has 1 N–H and O–H groups in total. The monoisotopic (exact) mass is 301 g/mol. The first-order chi connectivity index (χ1) is 10.7. The molecule has 5 nitrogen and oxygen atoms in total. The molecule has 2 aromatic rings. The largest absolute Gasteiger partial charge is 0.481 e. The van der Waals surface area contributed by atoms with Crippen molar-refractivity contribution >= 4 is 16.8 Å². The Labute approximate surface area is 130 Å². The number of hydrogen-bond donors (Lipinski definition) is 1. The summed E-state index contributed by atoms with van der Waals surface area (Å²) in [6, 6.07) is 5.56. The highest BCUT2D eigenvalue weighted by atomic mass is 16.5. The molecular formula is C17H23N3O2. The fourth-order valence-corrected chi connectivity index (χ4v) is 3.29. The molecule has 0 saturated heterocycles. The van der Waals surface area contributed by atoms with Crippen molar-refractivity contribution in [1.29, 1.82) is 0 Å². The van der Waals surface area contributed by atoms with Gasteiger partial charge in [0.05, 0.1) is 18.0 Å². The summed E-state index contributed by atoms with van der Waals surface area (Å²) in [7, 11) is 3.46. The highest BCUT2D eigenvalue weighted by Crippen LogP contribution is 2.26. The summed E-state index contributed by atoms with van der Waals surface area (Å²) in [5, 5.41) is 8.38. The van der Waals surface area contributed by atoms with Crippen molar-refractivity contribution in [3.05, 3.63) is 23.8 Å². The molecule has 0 aliphatic heterocycles. The number of rotatable bonds is 4. The average molecular weight is 301 g/mol. The predicted octanol–water partition coefficient (Wildman–Crippen LogP) is 2.89. The number of fused-ring (bicyclic) bond motifs is 1. The lowest BCUT2D eigenvalue weighted by atomic mass is 9.89. The van der Waals surface area contributed by atoms with Gasteiger partial charge in [0.15, 0.2) is 0 Å². The van der Waals surface area contributed by atoms with E-state index in [0.717, 1.165) is 17.4 Å². The number of aromatic nitrogens is 2. The number of carbonyl (C=O) groups is 1. The Kier molecular flexibility index (Phi) is 4.32. The van der Waals surface area contributed by atoms with Crippen LogP contribution >= 0.6 is 0 Å². The highest BCUT2D eigenvalue weighted by molar-refractivity contribution is 5.98. The van der Waals surface area contributed by atoms with E-state index in [2.05, 4.69) is 10.4 Å². The van der Waals surface area contributed by atoms with Crippen LogP contribution in [0, 0.1) is 5.92 Å². The minimum atomic E-state index is -0.0166. The second kappa shape index (κ2) is 6.38. The van der Waals surface area contributed by atoms with E-state index < -0.39 is 0 Å². The molecule has 0 spiro atoms. The molecule has 1 fully saturated rings. The van der Waals surface area contributed by atoms with Gasteiger partial charge in [-0.2, -0.15) is 5.10 Å². The van der Waals surface area contributed by atoms with Gasteiger partial charge in [0.25, 0.3) is 5.91 Å². The van der Waals surface area contributed by atoms with Crippen LogP contribution in [0.4, 0.5) is 0 Å². The van der Waals surface area contributed by atoms with Crippen molar-refractivity contribution in [2.75, 3.05) is 13.7 Å². The van der Waals surface area contributed by atoms with E-state index in [-0.39, 0.29) is 5.91 Å². The van der Waals surface area contributed by atoms with E-state index in [4.69, 9.17) is 4.74 Å². The van der Waals surface area contributed by atoms with E-state index in [9.17, 15) is 4.79 Å². The molecule has 1 aromatic heterocycles. The van der Waals surface area contributed by atoms with Crippen LogP contribution in [0.5, 0.6) is 5.88 Å². The average Bonchev–Trinajstić information content (AvgIpc) is 2.87. The topological polar surface area (TPSA) is 56.1 Å². The number of carbonyl (C=O) groups excluding carboxylic acids is 1. The zero-order chi connectivity index (χ0) is 15.5.